The van der Waals surface area contributed by atoms with Crippen LogP contribution in [0.15, 0.2) is 71.6 Å². The molecular weight excluding hydrogens is 438 g/mol. The fourth-order valence-electron chi connectivity index (χ4n) is 2.68. The Bertz CT molecular complexity index is 1250. The van der Waals surface area contributed by atoms with Crippen molar-refractivity contribution in [3.63, 3.8) is 0 Å². The van der Waals surface area contributed by atoms with Gasteiger partial charge in [0.1, 0.15) is 5.75 Å². The third-order valence-corrected chi connectivity index (χ3v) is 6.07. The van der Waals surface area contributed by atoms with E-state index in [2.05, 4.69) is 10.0 Å². The number of para-hydroxylation sites is 1. The first-order valence-electron chi connectivity index (χ1n) is 9.09. The zero-order valence-electron chi connectivity index (χ0n) is 16.4. The number of nitrogens with zero attached hydrogens (tertiary/aromatic N) is 1. The minimum atomic E-state index is -3.93. The highest BCUT2D eigenvalue weighted by molar-refractivity contribution is 7.92. The van der Waals surface area contributed by atoms with E-state index < -0.39 is 15.9 Å². The largest absolute Gasteiger partial charge is 0.484 e. The Hall–Kier alpha value is -3.54. The predicted molar refractivity (Wildman–Crippen MR) is 119 cm³/mol. The summed E-state index contributed by atoms with van der Waals surface area (Å²) in [5.74, 6) is -0.0270. The van der Waals surface area contributed by atoms with Gasteiger partial charge in [0.25, 0.3) is 15.9 Å². The number of rotatable bonds is 7. The fourth-order valence-corrected chi connectivity index (χ4v) is 4.27. The number of ether oxygens (including phenoxy) is 1. The smallest absolute Gasteiger partial charge is 0.262 e. The van der Waals surface area contributed by atoms with E-state index in [0.717, 1.165) is 0 Å². The molecule has 9 heteroatoms. The molecule has 0 unspecified atom stereocenters. The van der Waals surface area contributed by atoms with Gasteiger partial charge in [0, 0.05) is 5.69 Å². The Kier molecular flexibility index (Phi) is 6.80. The van der Waals surface area contributed by atoms with Gasteiger partial charge in [-0.25, -0.2) is 8.42 Å². The lowest BCUT2D eigenvalue weighted by atomic mass is 10.2. The molecule has 0 bridgehead atoms. The minimum Gasteiger partial charge on any atom is -0.484 e. The van der Waals surface area contributed by atoms with Gasteiger partial charge in [0.05, 0.1) is 27.2 Å². The van der Waals surface area contributed by atoms with E-state index >= 15 is 0 Å². The molecule has 3 aromatic rings. The Labute approximate surface area is 185 Å². The molecule has 2 N–H and O–H groups in total. The summed E-state index contributed by atoms with van der Waals surface area (Å²) >= 11 is 6.05. The molecule has 7 nitrogen and oxygen atoms in total. The second kappa shape index (κ2) is 9.51. The van der Waals surface area contributed by atoms with Crippen molar-refractivity contribution in [3.05, 3.63) is 82.9 Å². The van der Waals surface area contributed by atoms with Crippen LogP contribution in [0.1, 0.15) is 11.1 Å². The van der Waals surface area contributed by atoms with Crippen molar-refractivity contribution in [1.82, 2.24) is 0 Å². The van der Waals surface area contributed by atoms with Gasteiger partial charge in [0.2, 0.25) is 0 Å². The highest BCUT2D eigenvalue weighted by Crippen LogP contribution is 2.26. The molecule has 3 aromatic carbocycles. The first-order valence-corrected chi connectivity index (χ1v) is 11.0. The van der Waals surface area contributed by atoms with Crippen LogP contribution in [0.3, 0.4) is 0 Å². The average Bonchev–Trinajstić information content (AvgIpc) is 2.75. The van der Waals surface area contributed by atoms with Crippen molar-refractivity contribution in [2.45, 2.75) is 11.8 Å². The van der Waals surface area contributed by atoms with Crippen molar-refractivity contribution in [1.29, 1.82) is 5.26 Å². The number of amides is 1. The van der Waals surface area contributed by atoms with Crippen LogP contribution in [0.5, 0.6) is 5.75 Å². The number of nitriles is 1. The van der Waals surface area contributed by atoms with Gasteiger partial charge in [-0.15, -0.1) is 0 Å². The molecular formula is C22H18ClN3O4S. The van der Waals surface area contributed by atoms with E-state index in [1.165, 1.54) is 6.07 Å². The molecule has 0 saturated carbocycles. The maximum absolute atomic E-state index is 12.8. The normalized spacial score (nSPS) is 10.7. The lowest BCUT2D eigenvalue weighted by Crippen LogP contribution is -2.21. The SMILES string of the molecule is Cc1ccc(NC(=O)COc2ccc(C#N)cc2)cc1S(=O)(=O)Nc1ccccc1Cl. The number of sulfonamides is 1. The maximum atomic E-state index is 12.8. The molecule has 0 radical (unpaired) electrons. The number of anilines is 2. The predicted octanol–water partition coefficient (Wildman–Crippen LogP) is 4.34. The van der Waals surface area contributed by atoms with E-state index in [4.69, 9.17) is 21.6 Å². The molecule has 0 spiro atoms. The zero-order valence-corrected chi connectivity index (χ0v) is 18.0. The van der Waals surface area contributed by atoms with E-state index in [9.17, 15) is 13.2 Å². The van der Waals surface area contributed by atoms with Crippen LogP contribution in [0.4, 0.5) is 11.4 Å². The van der Waals surface area contributed by atoms with Crippen LogP contribution < -0.4 is 14.8 Å². The average molecular weight is 456 g/mol. The molecule has 158 valence electrons. The van der Waals surface area contributed by atoms with Gasteiger partial charge in [-0.3, -0.25) is 9.52 Å². The second-order valence-electron chi connectivity index (χ2n) is 6.54. The van der Waals surface area contributed by atoms with Gasteiger partial charge in [-0.05, 0) is 61.0 Å². The summed E-state index contributed by atoms with van der Waals surface area (Å²) in [6.07, 6.45) is 0. The Morgan fingerprint density at radius 2 is 1.81 bits per heavy atom. The summed E-state index contributed by atoms with van der Waals surface area (Å²) in [6, 6.07) is 19.4. The topological polar surface area (TPSA) is 108 Å². The second-order valence-corrected chi connectivity index (χ2v) is 8.60. The molecule has 0 aliphatic carbocycles. The van der Waals surface area contributed by atoms with E-state index in [1.54, 1.807) is 67.6 Å². The van der Waals surface area contributed by atoms with Gasteiger partial charge in [-0.2, -0.15) is 5.26 Å². The van der Waals surface area contributed by atoms with Gasteiger partial charge < -0.3 is 10.1 Å². The van der Waals surface area contributed by atoms with Crippen molar-refractivity contribution in [2.75, 3.05) is 16.6 Å². The lowest BCUT2D eigenvalue weighted by molar-refractivity contribution is -0.118. The summed E-state index contributed by atoms with van der Waals surface area (Å²) < 4.78 is 33.5. The first-order chi connectivity index (χ1) is 14.8. The molecule has 3 rings (SSSR count). The van der Waals surface area contributed by atoms with Gasteiger partial charge >= 0.3 is 0 Å². The van der Waals surface area contributed by atoms with E-state index in [0.29, 0.717) is 22.6 Å². The quantitative estimate of drug-likeness (QED) is 0.551. The summed E-state index contributed by atoms with van der Waals surface area (Å²) in [5.41, 5.74) is 1.55. The van der Waals surface area contributed by atoms with E-state index in [-0.39, 0.29) is 22.2 Å². The summed E-state index contributed by atoms with van der Waals surface area (Å²) in [6.45, 7) is 1.38. The van der Waals surface area contributed by atoms with Crippen molar-refractivity contribution < 1.29 is 17.9 Å². The first kappa shape index (κ1) is 22.2. The minimum absolute atomic E-state index is 0.0123. The molecule has 0 saturated heterocycles. The maximum Gasteiger partial charge on any atom is 0.262 e. The summed E-state index contributed by atoms with van der Waals surface area (Å²) in [5, 5.41) is 11.7. The van der Waals surface area contributed by atoms with Crippen LogP contribution >= 0.6 is 11.6 Å². The Morgan fingerprint density at radius 1 is 1.10 bits per heavy atom. The van der Waals surface area contributed by atoms with Gasteiger partial charge in [-0.1, -0.05) is 29.8 Å². The number of hydrogen-bond donors (Lipinski definition) is 2. The third kappa shape index (κ3) is 5.75. The number of hydrogen-bond acceptors (Lipinski definition) is 5. The number of benzene rings is 3. The molecule has 0 fully saturated rings. The Balaban J connectivity index is 1.70. The molecule has 0 aliphatic rings. The Morgan fingerprint density at radius 3 is 2.48 bits per heavy atom. The number of halogens is 1. The standard InChI is InChI=1S/C22H18ClN3O4S/c1-15-6-9-17(25-22(27)14-30-18-10-7-16(13-24)8-11-18)12-21(15)31(28,29)26-20-5-3-2-4-19(20)23/h2-12,26H,14H2,1H3,(H,25,27). The molecule has 1 amide bonds. The number of carbonyl (C=O) groups is 1. The molecule has 0 atom stereocenters. The highest BCUT2D eigenvalue weighted by atomic mass is 35.5. The zero-order chi connectivity index (χ0) is 22.4. The van der Waals surface area contributed by atoms with Crippen molar-refractivity contribution in [3.8, 4) is 11.8 Å². The van der Waals surface area contributed by atoms with Crippen LogP contribution in [-0.2, 0) is 14.8 Å². The third-order valence-electron chi connectivity index (χ3n) is 4.23. The number of nitrogens with one attached hydrogen (secondary N) is 2. The molecule has 0 aromatic heterocycles. The summed E-state index contributed by atoms with van der Waals surface area (Å²) in [7, 11) is -3.93. The number of aryl methyl sites for hydroxylation is 1. The van der Waals surface area contributed by atoms with Gasteiger partial charge in [0.15, 0.2) is 6.61 Å². The van der Waals surface area contributed by atoms with Crippen molar-refractivity contribution in [2.24, 2.45) is 0 Å². The van der Waals surface area contributed by atoms with Crippen LogP contribution in [-0.4, -0.2) is 20.9 Å². The summed E-state index contributed by atoms with van der Waals surface area (Å²) in [4.78, 5) is 12.2. The highest BCUT2D eigenvalue weighted by Gasteiger charge is 2.19. The monoisotopic (exact) mass is 455 g/mol. The van der Waals surface area contributed by atoms with Crippen molar-refractivity contribution >= 4 is 38.9 Å². The fraction of sp³-hybridized carbons (Fsp3) is 0.0909. The van der Waals surface area contributed by atoms with Crippen LogP contribution in [0, 0.1) is 18.3 Å². The molecule has 0 aliphatic heterocycles. The molecule has 31 heavy (non-hydrogen) atoms. The molecule has 0 heterocycles. The van der Waals surface area contributed by atoms with E-state index in [1.807, 2.05) is 6.07 Å². The van der Waals surface area contributed by atoms with Crippen LogP contribution in [0.2, 0.25) is 5.02 Å². The lowest BCUT2D eigenvalue weighted by Gasteiger charge is -2.13. The number of carbonyl (C=O) groups excluding carboxylic acids is 1. The van der Waals surface area contributed by atoms with Crippen LogP contribution in [0.25, 0.3) is 0 Å².